The minimum absolute atomic E-state index is 0.737. The molecule has 0 aromatic carbocycles. The molecule has 0 spiro atoms. The molecule has 0 atom stereocenters. The smallest absolute Gasteiger partial charge is 0.0830 e. The van der Waals surface area contributed by atoms with E-state index >= 15 is 0 Å². The molecule has 0 aliphatic carbocycles. The highest BCUT2D eigenvalue weighted by atomic mass is 32.1. The zero-order valence-electron chi connectivity index (χ0n) is 10.7. The third-order valence-electron chi connectivity index (χ3n) is 2.60. The Kier molecular flexibility index (Phi) is 3.94. The van der Waals surface area contributed by atoms with Crippen LogP contribution in [0.5, 0.6) is 0 Å². The van der Waals surface area contributed by atoms with Crippen molar-refractivity contribution in [3.8, 4) is 0 Å². The predicted octanol–water partition coefficient (Wildman–Crippen LogP) is 2.86. The summed E-state index contributed by atoms with van der Waals surface area (Å²) < 4.78 is 1.76. The molecule has 0 bridgehead atoms. The van der Waals surface area contributed by atoms with E-state index < -0.39 is 0 Å². The fourth-order valence-electron chi connectivity index (χ4n) is 1.83. The number of aromatic nitrogens is 3. The summed E-state index contributed by atoms with van der Waals surface area (Å²) in [5, 5.41) is 8.05. The molecule has 2 rings (SSSR count). The van der Waals surface area contributed by atoms with Gasteiger partial charge in [0.15, 0.2) is 0 Å². The van der Waals surface area contributed by atoms with Crippen LogP contribution in [0.15, 0.2) is 18.3 Å². The van der Waals surface area contributed by atoms with Crippen molar-refractivity contribution in [1.29, 1.82) is 0 Å². The Morgan fingerprint density at radius 3 is 2.65 bits per heavy atom. The van der Waals surface area contributed by atoms with Gasteiger partial charge in [-0.1, -0.05) is 19.1 Å². The molecular weight excluding hydrogens is 230 g/mol. The zero-order chi connectivity index (χ0) is 12.3. The minimum atomic E-state index is 0.737. The van der Waals surface area contributed by atoms with Gasteiger partial charge in [0.25, 0.3) is 0 Å². The van der Waals surface area contributed by atoms with Gasteiger partial charge in [0.2, 0.25) is 0 Å². The van der Waals surface area contributed by atoms with E-state index in [0.717, 1.165) is 24.5 Å². The Morgan fingerprint density at radius 2 is 2.00 bits per heavy atom. The SMILES string of the molecule is CC(C)Cc1ccc(CCc2cn(C)nn2)s1. The van der Waals surface area contributed by atoms with Crippen LogP contribution in [-0.2, 0) is 26.3 Å². The van der Waals surface area contributed by atoms with Crippen LogP contribution >= 0.6 is 11.3 Å². The monoisotopic (exact) mass is 249 g/mol. The van der Waals surface area contributed by atoms with Crippen LogP contribution in [0, 0.1) is 5.92 Å². The van der Waals surface area contributed by atoms with Crippen LogP contribution in [-0.4, -0.2) is 15.0 Å². The first-order valence-electron chi connectivity index (χ1n) is 6.06. The summed E-state index contributed by atoms with van der Waals surface area (Å²) in [5.41, 5.74) is 1.08. The topological polar surface area (TPSA) is 30.7 Å². The molecule has 0 aliphatic rings. The van der Waals surface area contributed by atoms with Crippen LogP contribution in [0.3, 0.4) is 0 Å². The molecule has 17 heavy (non-hydrogen) atoms. The van der Waals surface area contributed by atoms with Crippen LogP contribution in [0.1, 0.15) is 29.3 Å². The quantitative estimate of drug-likeness (QED) is 0.816. The number of hydrogen-bond acceptors (Lipinski definition) is 3. The maximum Gasteiger partial charge on any atom is 0.0830 e. The van der Waals surface area contributed by atoms with E-state index in [-0.39, 0.29) is 0 Å². The summed E-state index contributed by atoms with van der Waals surface area (Å²) in [6.07, 6.45) is 5.23. The summed E-state index contributed by atoms with van der Waals surface area (Å²) in [4.78, 5) is 2.94. The lowest BCUT2D eigenvalue weighted by molar-refractivity contribution is 0.654. The molecule has 0 amide bonds. The average Bonchev–Trinajstić information content (AvgIpc) is 2.84. The Labute approximate surface area is 106 Å². The van der Waals surface area contributed by atoms with Gasteiger partial charge in [-0.05, 0) is 37.3 Å². The predicted molar refractivity (Wildman–Crippen MR) is 71.3 cm³/mol. The Morgan fingerprint density at radius 1 is 1.24 bits per heavy atom. The van der Waals surface area contributed by atoms with Crippen molar-refractivity contribution in [2.75, 3.05) is 0 Å². The van der Waals surface area contributed by atoms with Gasteiger partial charge in [-0.15, -0.1) is 16.4 Å². The second-order valence-electron chi connectivity index (χ2n) is 4.85. The number of hydrogen-bond donors (Lipinski definition) is 0. The fraction of sp³-hybridized carbons (Fsp3) is 0.538. The molecule has 92 valence electrons. The van der Waals surface area contributed by atoms with E-state index in [1.54, 1.807) is 4.68 Å². The molecule has 0 saturated heterocycles. The normalized spacial score (nSPS) is 11.3. The van der Waals surface area contributed by atoms with E-state index in [4.69, 9.17) is 0 Å². The summed E-state index contributed by atoms with van der Waals surface area (Å²) in [6, 6.07) is 4.51. The first-order chi connectivity index (χ1) is 8.13. The Bertz CT molecular complexity index is 470. The second-order valence-corrected chi connectivity index (χ2v) is 6.10. The third kappa shape index (κ3) is 3.66. The number of aryl methyl sites for hydroxylation is 3. The van der Waals surface area contributed by atoms with E-state index in [2.05, 4.69) is 36.3 Å². The summed E-state index contributed by atoms with van der Waals surface area (Å²) in [6.45, 7) is 4.53. The van der Waals surface area contributed by atoms with Gasteiger partial charge in [0.1, 0.15) is 0 Å². The van der Waals surface area contributed by atoms with Gasteiger partial charge in [-0.25, -0.2) is 0 Å². The molecule has 0 aliphatic heterocycles. The van der Waals surface area contributed by atoms with E-state index in [9.17, 15) is 0 Å². The summed E-state index contributed by atoms with van der Waals surface area (Å²) in [5.74, 6) is 0.737. The zero-order valence-corrected chi connectivity index (χ0v) is 11.5. The number of thiophene rings is 1. The molecule has 4 heteroatoms. The largest absolute Gasteiger partial charge is 0.255 e. The molecule has 3 nitrogen and oxygen atoms in total. The van der Waals surface area contributed by atoms with Gasteiger partial charge in [0.05, 0.1) is 5.69 Å². The molecule has 0 N–H and O–H groups in total. The lowest BCUT2D eigenvalue weighted by Crippen LogP contribution is -1.90. The van der Waals surface area contributed by atoms with Gasteiger partial charge >= 0.3 is 0 Å². The summed E-state index contributed by atoms with van der Waals surface area (Å²) >= 11 is 1.93. The third-order valence-corrected chi connectivity index (χ3v) is 3.77. The molecule has 2 aromatic rings. The Balaban J connectivity index is 1.89. The Hall–Kier alpha value is -1.16. The van der Waals surface area contributed by atoms with Crippen LogP contribution in [0.2, 0.25) is 0 Å². The molecule has 0 saturated carbocycles. The molecule has 2 aromatic heterocycles. The van der Waals surface area contributed by atoms with Crippen molar-refractivity contribution >= 4 is 11.3 Å². The van der Waals surface area contributed by atoms with E-state index in [1.807, 2.05) is 24.6 Å². The van der Waals surface area contributed by atoms with Crippen molar-refractivity contribution in [2.45, 2.75) is 33.1 Å². The van der Waals surface area contributed by atoms with Crippen molar-refractivity contribution < 1.29 is 0 Å². The highest BCUT2D eigenvalue weighted by Crippen LogP contribution is 2.21. The van der Waals surface area contributed by atoms with Crippen molar-refractivity contribution in [3.63, 3.8) is 0 Å². The van der Waals surface area contributed by atoms with Crippen LogP contribution < -0.4 is 0 Å². The average molecular weight is 249 g/mol. The van der Waals surface area contributed by atoms with Gasteiger partial charge in [-0.3, -0.25) is 4.68 Å². The maximum absolute atomic E-state index is 4.10. The van der Waals surface area contributed by atoms with E-state index in [0.29, 0.717) is 0 Å². The molecule has 0 radical (unpaired) electrons. The maximum atomic E-state index is 4.10. The number of nitrogens with zero attached hydrogens (tertiary/aromatic N) is 3. The first-order valence-corrected chi connectivity index (χ1v) is 6.88. The lowest BCUT2D eigenvalue weighted by Gasteiger charge is -1.99. The van der Waals surface area contributed by atoms with Gasteiger partial charge in [-0.2, -0.15) is 0 Å². The molecule has 2 heterocycles. The fourth-order valence-corrected chi connectivity index (χ4v) is 3.06. The minimum Gasteiger partial charge on any atom is -0.255 e. The molecular formula is C13H19N3S. The highest BCUT2D eigenvalue weighted by Gasteiger charge is 2.04. The van der Waals surface area contributed by atoms with Crippen LogP contribution in [0.4, 0.5) is 0 Å². The van der Waals surface area contributed by atoms with Crippen molar-refractivity contribution in [1.82, 2.24) is 15.0 Å². The van der Waals surface area contributed by atoms with Crippen LogP contribution in [0.25, 0.3) is 0 Å². The lowest BCUT2D eigenvalue weighted by atomic mass is 10.1. The molecule has 0 fully saturated rings. The standard InChI is InChI=1S/C13H19N3S/c1-10(2)8-13-7-6-12(17-13)5-4-11-9-16(3)15-14-11/h6-7,9-10H,4-5,8H2,1-3H3. The summed E-state index contributed by atoms with van der Waals surface area (Å²) in [7, 11) is 1.91. The number of rotatable bonds is 5. The van der Waals surface area contributed by atoms with E-state index in [1.165, 1.54) is 16.2 Å². The first kappa shape index (κ1) is 12.3. The molecule has 0 unspecified atom stereocenters. The van der Waals surface area contributed by atoms with Gasteiger partial charge < -0.3 is 0 Å². The second kappa shape index (κ2) is 5.45. The highest BCUT2D eigenvalue weighted by molar-refractivity contribution is 7.11. The van der Waals surface area contributed by atoms with Crippen molar-refractivity contribution in [3.05, 3.63) is 33.8 Å². The van der Waals surface area contributed by atoms with Crippen molar-refractivity contribution in [2.24, 2.45) is 13.0 Å². The van der Waals surface area contributed by atoms with Gasteiger partial charge in [0, 0.05) is 23.0 Å².